The number of nitrogens with zero attached hydrogens (tertiary/aromatic N) is 2. The molecule has 2 rings (SSSR count). The highest BCUT2D eigenvalue weighted by Crippen LogP contribution is 2.22. The zero-order chi connectivity index (χ0) is 13.1. The van der Waals surface area contributed by atoms with Gasteiger partial charge in [-0.1, -0.05) is 0 Å². The van der Waals surface area contributed by atoms with Gasteiger partial charge >= 0.3 is 0 Å². The molecule has 0 bridgehead atoms. The largest absolute Gasteiger partial charge is 0.376 e. The molecule has 0 saturated carbocycles. The summed E-state index contributed by atoms with van der Waals surface area (Å²) >= 11 is 3.56. The first-order chi connectivity index (χ1) is 8.63. The number of nitrogens with one attached hydrogen (secondary N) is 1. The Bertz CT molecular complexity index is 404. The molecule has 0 aromatic carbocycles. The van der Waals surface area contributed by atoms with E-state index in [0.717, 1.165) is 22.3 Å². The van der Waals surface area contributed by atoms with Gasteiger partial charge in [0, 0.05) is 13.5 Å². The Morgan fingerprint density at radius 3 is 2.89 bits per heavy atom. The van der Waals surface area contributed by atoms with Crippen LogP contribution in [0.25, 0.3) is 0 Å². The number of aryl methyl sites for hydroxylation is 2. The molecule has 2 atom stereocenters. The maximum Gasteiger partial charge on any atom is 0.0979 e. The van der Waals surface area contributed by atoms with Crippen molar-refractivity contribution < 1.29 is 9.47 Å². The molecule has 1 fully saturated rings. The maximum absolute atomic E-state index is 5.68. The van der Waals surface area contributed by atoms with Crippen LogP contribution in [0.3, 0.4) is 0 Å². The van der Waals surface area contributed by atoms with Crippen molar-refractivity contribution in [2.24, 2.45) is 12.9 Å². The predicted molar refractivity (Wildman–Crippen MR) is 71.0 cm³/mol. The van der Waals surface area contributed by atoms with Crippen molar-refractivity contribution in [3.8, 4) is 0 Å². The molecule has 2 unspecified atom stereocenters. The number of hydrogen-bond acceptors (Lipinski definition) is 5. The normalized spacial score (nSPS) is 22.1. The molecule has 1 saturated heterocycles. The van der Waals surface area contributed by atoms with Crippen molar-refractivity contribution in [2.75, 3.05) is 19.8 Å². The molecule has 0 aliphatic carbocycles. The molecule has 1 aliphatic heterocycles. The minimum Gasteiger partial charge on any atom is -0.376 e. The Morgan fingerprint density at radius 1 is 1.61 bits per heavy atom. The van der Waals surface area contributed by atoms with Gasteiger partial charge in [-0.25, -0.2) is 0 Å². The van der Waals surface area contributed by atoms with Gasteiger partial charge in [-0.3, -0.25) is 16.0 Å². The van der Waals surface area contributed by atoms with Crippen LogP contribution in [-0.4, -0.2) is 41.7 Å². The molecule has 7 heteroatoms. The molecule has 3 N–H and O–H groups in total. The third-order valence-electron chi connectivity index (χ3n) is 3.18. The molecule has 0 radical (unpaired) electrons. The van der Waals surface area contributed by atoms with E-state index in [-0.39, 0.29) is 12.1 Å². The average Bonchev–Trinajstić information content (AvgIpc) is 2.62. The number of halogens is 1. The number of nitrogens with two attached hydrogens (primary N) is 1. The Hall–Kier alpha value is -0.470. The maximum atomic E-state index is 5.68. The van der Waals surface area contributed by atoms with Crippen molar-refractivity contribution in [1.82, 2.24) is 15.2 Å². The fourth-order valence-corrected chi connectivity index (χ4v) is 2.64. The van der Waals surface area contributed by atoms with Gasteiger partial charge in [-0.15, -0.1) is 0 Å². The highest BCUT2D eigenvalue weighted by atomic mass is 79.9. The molecule has 1 aromatic heterocycles. The van der Waals surface area contributed by atoms with Gasteiger partial charge in [0.2, 0.25) is 0 Å². The Balaban J connectivity index is 2.09. The number of rotatable bonds is 4. The third kappa shape index (κ3) is 2.92. The molecule has 18 heavy (non-hydrogen) atoms. The second-order valence-corrected chi connectivity index (χ2v) is 5.22. The van der Waals surface area contributed by atoms with Gasteiger partial charge < -0.3 is 9.47 Å². The first-order valence-electron chi connectivity index (χ1n) is 5.97. The van der Waals surface area contributed by atoms with E-state index in [0.29, 0.717) is 19.8 Å². The Labute approximate surface area is 115 Å². The lowest BCUT2D eigenvalue weighted by Gasteiger charge is -2.30. The van der Waals surface area contributed by atoms with E-state index >= 15 is 0 Å². The summed E-state index contributed by atoms with van der Waals surface area (Å²) in [5, 5.41) is 4.37. The molecule has 2 heterocycles. The molecule has 1 aliphatic rings. The van der Waals surface area contributed by atoms with Gasteiger partial charge in [0.05, 0.1) is 47.8 Å². The molecule has 0 spiro atoms. The summed E-state index contributed by atoms with van der Waals surface area (Å²) in [6.07, 6.45) is 0.716. The minimum absolute atomic E-state index is 0.0106. The van der Waals surface area contributed by atoms with Crippen LogP contribution in [0, 0.1) is 6.92 Å². The lowest BCUT2D eigenvalue weighted by atomic mass is 10.1. The summed E-state index contributed by atoms with van der Waals surface area (Å²) in [4.78, 5) is 0. The van der Waals surface area contributed by atoms with Crippen LogP contribution in [0.5, 0.6) is 0 Å². The quantitative estimate of drug-likeness (QED) is 0.616. The van der Waals surface area contributed by atoms with Crippen LogP contribution < -0.4 is 11.3 Å². The summed E-state index contributed by atoms with van der Waals surface area (Å²) in [6.45, 7) is 3.82. The van der Waals surface area contributed by atoms with Crippen LogP contribution in [0.2, 0.25) is 0 Å². The minimum atomic E-state index is -0.0224. The summed E-state index contributed by atoms with van der Waals surface area (Å²) in [5.74, 6) is 5.63. The van der Waals surface area contributed by atoms with Gasteiger partial charge in [0.25, 0.3) is 0 Å². The smallest absolute Gasteiger partial charge is 0.0979 e. The van der Waals surface area contributed by atoms with Crippen LogP contribution >= 0.6 is 15.9 Å². The van der Waals surface area contributed by atoms with Crippen molar-refractivity contribution in [2.45, 2.75) is 25.5 Å². The van der Waals surface area contributed by atoms with Crippen LogP contribution in [0.1, 0.15) is 11.4 Å². The second-order valence-electron chi connectivity index (χ2n) is 4.43. The standard InChI is InChI=1S/C11H19BrN4O2/c1-7-11(12)9(16(2)15-7)5-8(14-13)10-6-17-3-4-18-10/h8,10,14H,3-6,13H2,1-2H3. The molecule has 0 amide bonds. The highest BCUT2D eigenvalue weighted by molar-refractivity contribution is 9.10. The summed E-state index contributed by atoms with van der Waals surface area (Å²) in [7, 11) is 1.93. The van der Waals surface area contributed by atoms with Crippen molar-refractivity contribution in [3.05, 3.63) is 15.9 Å². The van der Waals surface area contributed by atoms with E-state index in [1.165, 1.54) is 0 Å². The van der Waals surface area contributed by atoms with Gasteiger partial charge in [-0.2, -0.15) is 5.10 Å². The molecule has 6 nitrogen and oxygen atoms in total. The van der Waals surface area contributed by atoms with Crippen LogP contribution in [0.4, 0.5) is 0 Å². The highest BCUT2D eigenvalue weighted by Gasteiger charge is 2.26. The second kappa shape index (κ2) is 6.12. The number of hydrazine groups is 1. The van der Waals surface area contributed by atoms with E-state index in [4.69, 9.17) is 15.3 Å². The lowest BCUT2D eigenvalue weighted by Crippen LogP contribution is -2.50. The summed E-state index contributed by atoms with van der Waals surface area (Å²) in [6, 6.07) is 0.0106. The van der Waals surface area contributed by atoms with E-state index in [9.17, 15) is 0 Å². The monoisotopic (exact) mass is 318 g/mol. The average molecular weight is 319 g/mol. The molecular weight excluding hydrogens is 300 g/mol. The van der Waals surface area contributed by atoms with Gasteiger partial charge in [0.1, 0.15) is 0 Å². The first-order valence-corrected chi connectivity index (χ1v) is 6.76. The van der Waals surface area contributed by atoms with Gasteiger partial charge in [0.15, 0.2) is 0 Å². The molecule has 102 valence electrons. The van der Waals surface area contributed by atoms with E-state index in [1.807, 2.05) is 18.7 Å². The van der Waals surface area contributed by atoms with Crippen LogP contribution in [0.15, 0.2) is 4.47 Å². The SMILES string of the molecule is Cc1nn(C)c(CC(NN)C2COCCO2)c1Br. The van der Waals surface area contributed by atoms with E-state index in [1.54, 1.807) is 0 Å². The van der Waals surface area contributed by atoms with E-state index < -0.39 is 0 Å². The van der Waals surface area contributed by atoms with Crippen molar-refractivity contribution in [3.63, 3.8) is 0 Å². The zero-order valence-electron chi connectivity index (χ0n) is 10.6. The summed E-state index contributed by atoms with van der Waals surface area (Å²) < 4.78 is 14.0. The Kier molecular flexibility index (Phi) is 4.74. The Morgan fingerprint density at radius 2 is 2.39 bits per heavy atom. The van der Waals surface area contributed by atoms with Crippen molar-refractivity contribution >= 4 is 15.9 Å². The topological polar surface area (TPSA) is 74.3 Å². The lowest BCUT2D eigenvalue weighted by molar-refractivity contribution is -0.101. The van der Waals surface area contributed by atoms with Crippen LogP contribution in [-0.2, 0) is 22.9 Å². The number of aromatic nitrogens is 2. The number of ether oxygens (including phenoxy) is 2. The molecule has 1 aromatic rings. The zero-order valence-corrected chi connectivity index (χ0v) is 12.2. The molecular formula is C11H19BrN4O2. The van der Waals surface area contributed by atoms with Gasteiger partial charge in [-0.05, 0) is 22.9 Å². The van der Waals surface area contributed by atoms with E-state index in [2.05, 4.69) is 26.5 Å². The number of hydrogen-bond donors (Lipinski definition) is 2. The predicted octanol–water partition coefficient (Wildman–Crippen LogP) is 0.281. The van der Waals surface area contributed by atoms with Crippen molar-refractivity contribution in [1.29, 1.82) is 0 Å². The first kappa shape index (κ1) is 14.0. The fourth-order valence-electron chi connectivity index (χ4n) is 2.15. The fraction of sp³-hybridized carbons (Fsp3) is 0.727. The third-order valence-corrected chi connectivity index (χ3v) is 4.21. The summed E-state index contributed by atoms with van der Waals surface area (Å²) in [5.41, 5.74) is 4.89.